The van der Waals surface area contributed by atoms with Crippen LogP contribution in [0.25, 0.3) is 0 Å². The summed E-state index contributed by atoms with van der Waals surface area (Å²) in [6, 6.07) is 18.6. The zero-order valence-electron chi connectivity index (χ0n) is 15.8. The normalized spacial score (nSPS) is 12.1. The van der Waals surface area contributed by atoms with E-state index in [-0.39, 0.29) is 11.5 Å². The van der Waals surface area contributed by atoms with Crippen LogP contribution in [0.1, 0.15) is 32.8 Å². The van der Waals surface area contributed by atoms with Gasteiger partial charge in [0.2, 0.25) is 0 Å². The van der Waals surface area contributed by atoms with E-state index in [9.17, 15) is 0 Å². The molecule has 2 rings (SSSR count). The standard InChI is InChI=1S/C22H28N2OS/c1-5-14-25-20-13-9-12-19(15-20)24-21(26)23-17(2)16-22(3,4)18-10-7-6-8-11-18/h5-13,15,17H,1,14,16H2,2-4H3,(H2,23,24,26)/t17-/m0/s1. The highest BCUT2D eigenvalue weighted by Gasteiger charge is 2.23. The van der Waals surface area contributed by atoms with Gasteiger partial charge in [-0.25, -0.2) is 0 Å². The van der Waals surface area contributed by atoms with Crippen LogP contribution in [0.2, 0.25) is 0 Å². The summed E-state index contributed by atoms with van der Waals surface area (Å²) in [6.45, 7) is 10.8. The van der Waals surface area contributed by atoms with Crippen molar-refractivity contribution in [3.05, 3.63) is 72.8 Å². The van der Waals surface area contributed by atoms with Crippen molar-refractivity contribution in [2.45, 2.75) is 38.6 Å². The summed E-state index contributed by atoms with van der Waals surface area (Å²) < 4.78 is 5.55. The molecule has 0 heterocycles. The summed E-state index contributed by atoms with van der Waals surface area (Å²) in [5.41, 5.74) is 2.31. The van der Waals surface area contributed by atoms with Gasteiger partial charge >= 0.3 is 0 Å². The SMILES string of the molecule is C=CCOc1cccc(NC(=S)N[C@@H](C)CC(C)(C)c2ccccc2)c1. The lowest BCUT2D eigenvalue weighted by Gasteiger charge is -2.29. The molecule has 4 heteroatoms. The van der Waals surface area contributed by atoms with E-state index >= 15 is 0 Å². The number of benzene rings is 2. The molecule has 0 bridgehead atoms. The molecule has 26 heavy (non-hydrogen) atoms. The first-order valence-electron chi connectivity index (χ1n) is 8.87. The molecule has 0 unspecified atom stereocenters. The average Bonchev–Trinajstić information content (AvgIpc) is 2.60. The monoisotopic (exact) mass is 368 g/mol. The molecule has 0 fully saturated rings. The van der Waals surface area contributed by atoms with E-state index in [1.165, 1.54) is 5.56 Å². The smallest absolute Gasteiger partial charge is 0.170 e. The minimum Gasteiger partial charge on any atom is -0.489 e. The summed E-state index contributed by atoms with van der Waals surface area (Å²) in [6.07, 6.45) is 2.70. The minimum absolute atomic E-state index is 0.0712. The highest BCUT2D eigenvalue weighted by Crippen LogP contribution is 2.28. The lowest BCUT2D eigenvalue weighted by Crippen LogP contribution is -2.39. The van der Waals surface area contributed by atoms with E-state index in [2.05, 4.69) is 62.2 Å². The van der Waals surface area contributed by atoms with Gasteiger partial charge in [-0.15, -0.1) is 0 Å². The first-order valence-corrected chi connectivity index (χ1v) is 9.28. The van der Waals surface area contributed by atoms with Crippen molar-refractivity contribution in [2.75, 3.05) is 11.9 Å². The number of rotatable bonds is 8. The van der Waals surface area contributed by atoms with Crippen molar-refractivity contribution in [1.29, 1.82) is 0 Å². The lowest BCUT2D eigenvalue weighted by molar-refractivity contribution is 0.363. The van der Waals surface area contributed by atoms with Crippen LogP contribution < -0.4 is 15.4 Å². The molecule has 0 aliphatic carbocycles. The van der Waals surface area contributed by atoms with Crippen molar-refractivity contribution in [3.8, 4) is 5.75 Å². The van der Waals surface area contributed by atoms with Gasteiger partial charge in [0.05, 0.1) is 0 Å². The predicted octanol–water partition coefficient (Wildman–Crippen LogP) is 5.29. The molecule has 0 aliphatic rings. The van der Waals surface area contributed by atoms with Gasteiger partial charge in [0.1, 0.15) is 12.4 Å². The van der Waals surface area contributed by atoms with Crippen LogP contribution in [-0.2, 0) is 5.41 Å². The van der Waals surface area contributed by atoms with Crippen molar-refractivity contribution < 1.29 is 4.74 Å². The zero-order valence-corrected chi connectivity index (χ0v) is 16.6. The van der Waals surface area contributed by atoms with E-state index < -0.39 is 0 Å². The Hall–Kier alpha value is -2.33. The largest absolute Gasteiger partial charge is 0.489 e. The quantitative estimate of drug-likeness (QED) is 0.490. The van der Waals surface area contributed by atoms with Crippen molar-refractivity contribution in [2.24, 2.45) is 0 Å². The second-order valence-corrected chi connectivity index (χ2v) is 7.49. The Bertz CT molecular complexity index is 728. The van der Waals surface area contributed by atoms with Crippen LogP contribution in [0.4, 0.5) is 5.69 Å². The molecule has 2 aromatic carbocycles. The molecule has 0 aliphatic heterocycles. The summed E-state index contributed by atoms with van der Waals surface area (Å²) >= 11 is 5.47. The Morgan fingerprint density at radius 2 is 1.92 bits per heavy atom. The maximum absolute atomic E-state index is 5.55. The van der Waals surface area contributed by atoms with Crippen molar-refractivity contribution in [1.82, 2.24) is 5.32 Å². The van der Waals surface area contributed by atoms with Crippen molar-refractivity contribution in [3.63, 3.8) is 0 Å². The number of nitrogens with one attached hydrogen (secondary N) is 2. The average molecular weight is 369 g/mol. The molecule has 0 aromatic heterocycles. The summed E-state index contributed by atoms with van der Waals surface area (Å²) in [4.78, 5) is 0. The molecule has 0 spiro atoms. The highest BCUT2D eigenvalue weighted by molar-refractivity contribution is 7.80. The Kier molecular flexibility index (Phi) is 7.22. The molecule has 0 amide bonds. The van der Waals surface area contributed by atoms with E-state index in [4.69, 9.17) is 17.0 Å². The van der Waals surface area contributed by atoms with Crippen molar-refractivity contribution >= 4 is 23.0 Å². The van der Waals surface area contributed by atoms with Crippen LogP contribution in [0.5, 0.6) is 5.75 Å². The Labute approximate surface area is 162 Å². The van der Waals surface area contributed by atoms with Gasteiger partial charge in [0, 0.05) is 17.8 Å². The molecule has 0 saturated carbocycles. The van der Waals surface area contributed by atoms with Crippen LogP contribution in [0.15, 0.2) is 67.3 Å². The summed E-state index contributed by atoms with van der Waals surface area (Å²) in [5.74, 6) is 0.788. The van der Waals surface area contributed by atoms with Gasteiger partial charge in [-0.2, -0.15) is 0 Å². The fraction of sp³-hybridized carbons (Fsp3) is 0.318. The van der Waals surface area contributed by atoms with E-state index in [0.29, 0.717) is 11.7 Å². The molecule has 2 N–H and O–H groups in total. The van der Waals surface area contributed by atoms with Gasteiger partial charge in [-0.3, -0.25) is 0 Å². The molecule has 1 atom stereocenters. The fourth-order valence-corrected chi connectivity index (χ4v) is 3.35. The number of hydrogen-bond donors (Lipinski definition) is 2. The van der Waals surface area contributed by atoms with Gasteiger partial charge in [0.15, 0.2) is 5.11 Å². The topological polar surface area (TPSA) is 33.3 Å². The Morgan fingerprint density at radius 1 is 1.19 bits per heavy atom. The van der Waals surface area contributed by atoms with Gasteiger partial charge in [-0.1, -0.05) is 62.9 Å². The lowest BCUT2D eigenvalue weighted by atomic mass is 9.79. The number of anilines is 1. The van der Waals surface area contributed by atoms with Crippen LogP contribution >= 0.6 is 12.2 Å². The first kappa shape index (κ1) is 20.0. The Balaban J connectivity index is 1.90. The predicted molar refractivity (Wildman–Crippen MR) is 115 cm³/mol. The number of hydrogen-bond acceptors (Lipinski definition) is 2. The molecular weight excluding hydrogens is 340 g/mol. The third-order valence-corrected chi connectivity index (χ3v) is 4.43. The van der Waals surface area contributed by atoms with Gasteiger partial charge in [0.25, 0.3) is 0 Å². The maximum atomic E-state index is 5.55. The summed E-state index contributed by atoms with van der Waals surface area (Å²) in [7, 11) is 0. The molecule has 138 valence electrons. The highest BCUT2D eigenvalue weighted by atomic mass is 32.1. The number of thiocarbonyl (C=S) groups is 1. The molecule has 0 radical (unpaired) electrons. The van der Waals surface area contributed by atoms with Gasteiger partial charge in [-0.05, 0) is 48.7 Å². The molecule has 2 aromatic rings. The minimum atomic E-state index is 0.0712. The summed E-state index contributed by atoms with van der Waals surface area (Å²) in [5, 5.41) is 7.22. The molecular formula is C22H28N2OS. The van der Waals surface area contributed by atoms with E-state index in [1.807, 2.05) is 30.3 Å². The van der Waals surface area contributed by atoms with Crippen LogP contribution in [0.3, 0.4) is 0 Å². The fourth-order valence-electron chi connectivity index (χ4n) is 3.03. The third-order valence-electron chi connectivity index (χ3n) is 4.21. The van der Waals surface area contributed by atoms with E-state index in [1.54, 1.807) is 6.08 Å². The zero-order chi connectivity index (χ0) is 19.0. The number of ether oxygens (including phenoxy) is 1. The second kappa shape index (κ2) is 9.39. The Morgan fingerprint density at radius 3 is 2.62 bits per heavy atom. The second-order valence-electron chi connectivity index (χ2n) is 7.08. The first-order chi connectivity index (χ1) is 12.4. The van der Waals surface area contributed by atoms with Crippen LogP contribution in [-0.4, -0.2) is 17.8 Å². The molecule has 0 saturated heterocycles. The van der Waals surface area contributed by atoms with E-state index in [0.717, 1.165) is 17.9 Å². The van der Waals surface area contributed by atoms with Crippen LogP contribution in [0, 0.1) is 0 Å². The maximum Gasteiger partial charge on any atom is 0.170 e. The van der Waals surface area contributed by atoms with Gasteiger partial charge < -0.3 is 15.4 Å². The third kappa shape index (κ3) is 6.19. The molecule has 3 nitrogen and oxygen atoms in total.